The Morgan fingerprint density at radius 3 is 2.22 bits per heavy atom. The molecule has 18 heavy (non-hydrogen) atoms. The van der Waals surface area contributed by atoms with Gasteiger partial charge in [0.25, 0.3) is 0 Å². The van der Waals surface area contributed by atoms with Gasteiger partial charge in [0, 0.05) is 6.07 Å². The maximum absolute atomic E-state index is 13.1. The second-order valence-electron chi connectivity index (χ2n) is 3.73. The molecule has 0 fully saturated rings. The van der Waals surface area contributed by atoms with Crippen molar-refractivity contribution in [2.45, 2.75) is 0 Å². The minimum absolute atomic E-state index is 0.333. The Morgan fingerprint density at radius 1 is 1.00 bits per heavy atom. The second kappa shape index (κ2) is 4.96. The lowest BCUT2D eigenvalue weighted by atomic mass is 10.0. The summed E-state index contributed by atoms with van der Waals surface area (Å²) < 4.78 is 31.2. The van der Waals surface area contributed by atoms with Crippen LogP contribution < -0.4 is 4.74 Å². The highest BCUT2D eigenvalue weighted by atomic mass is 19.1. The average Bonchev–Trinajstić information content (AvgIpc) is 2.36. The van der Waals surface area contributed by atoms with E-state index in [-0.39, 0.29) is 0 Å². The molecule has 0 saturated carbocycles. The number of carbonyl (C=O) groups excluding carboxylic acids is 1. The van der Waals surface area contributed by atoms with Crippen LogP contribution in [0.1, 0.15) is 10.4 Å². The van der Waals surface area contributed by atoms with Crippen LogP contribution in [0.2, 0.25) is 0 Å². The summed E-state index contributed by atoms with van der Waals surface area (Å²) in [5, 5.41) is 0. The van der Waals surface area contributed by atoms with Gasteiger partial charge in [-0.1, -0.05) is 6.07 Å². The van der Waals surface area contributed by atoms with Crippen LogP contribution in [-0.4, -0.2) is 13.4 Å². The van der Waals surface area contributed by atoms with E-state index in [0.717, 1.165) is 6.07 Å². The van der Waals surface area contributed by atoms with Crippen LogP contribution >= 0.6 is 0 Å². The zero-order valence-electron chi connectivity index (χ0n) is 9.61. The van der Waals surface area contributed by atoms with E-state index in [4.69, 9.17) is 4.74 Å². The first-order chi connectivity index (χ1) is 8.63. The SMILES string of the molecule is COc1ccc(-c2cc(F)cc(F)c2)cc1C=O. The monoisotopic (exact) mass is 248 g/mol. The number of aldehydes is 1. The number of ether oxygens (including phenoxy) is 1. The molecule has 0 amide bonds. The molecule has 2 aromatic rings. The third-order valence-corrected chi connectivity index (χ3v) is 2.55. The molecule has 0 spiro atoms. The topological polar surface area (TPSA) is 26.3 Å². The molecular weight excluding hydrogens is 238 g/mol. The van der Waals surface area contributed by atoms with E-state index < -0.39 is 11.6 Å². The van der Waals surface area contributed by atoms with Crippen molar-refractivity contribution in [1.82, 2.24) is 0 Å². The zero-order chi connectivity index (χ0) is 13.1. The summed E-state index contributed by atoms with van der Waals surface area (Å²) in [6.45, 7) is 0. The molecule has 0 aliphatic heterocycles. The predicted molar refractivity (Wildman–Crippen MR) is 63.7 cm³/mol. The Bertz CT molecular complexity index is 574. The first kappa shape index (κ1) is 12.2. The molecular formula is C14H10F2O2. The Kier molecular flexibility index (Phi) is 3.37. The Labute approximate surface area is 103 Å². The Morgan fingerprint density at radius 2 is 1.67 bits per heavy atom. The summed E-state index contributed by atoms with van der Waals surface area (Å²) in [6.07, 6.45) is 0.637. The molecule has 2 rings (SSSR count). The highest BCUT2D eigenvalue weighted by Crippen LogP contribution is 2.26. The standard InChI is InChI=1S/C14H10F2O2/c1-18-14-3-2-9(4-11(14)8-17)10-5-12(15)7-13(16)6-10/h2-8H,1H3. The number of carbonyl (C=O) groups is 1. The van der Waals surface area contributed by atoms with E-state index in [1.54, 1.807) is 12.1 Å². The number of benzene rings is 2. The molecule has 0 unspecified atom stereocenters. The quantitative estimate of drug-likeness (QED) is 0.777. The number of hydrogen-bond acceptors (Lipinski definition) is 2. The summed E-state index contributed by atoms with van der Waals surface area (Å²) in [7, 11) is 1.45. The number of halogens is 2. The van der Waals surface area contributed by atoms with Crippen LogP contribution in [0, 0.1) is 11.6 Å². The average molecular weight is 248 g/mol. The van der Waals surface area contributed by atoms with Crippen molar-refractivity contribution in [1.29, 1.82) is 0 Å². The van der Waals surface area contributed by atoms with Crippen LogP contribution in [0.15, 0.2) is 36.4 Å². The molecule has 0 heterocycles. The summed E-state index contributed by atoms with van der Waals surface area (Å²) in [5.74, 6) is -0.896. The molecule has 2 nitrogen and oxygen atoms in total. The van der Waals surface area contributed by atoms with Crippen molar-refractivity contribution < 1.29 is 18.3 Å². The van der Waals surface area contributed by atoms with E-state index in [1.807, 2.05) is 0 Å². The fraction of sp³-hybridized carbons (Fsp3) is 0.0714. The van der Waals surface area contributed by atoms with Crippen molar-refractivity contribution in [3.05, 3.63) is 53.6 Å². The van der Waals surface area contributed by atoms with Crippen molar-refractivity contribution in [3.63, 3.8) is 0 Å². The number of methoxy groups -OCH3 is 1. The van der Waals surface area contributed by atoms with Crippen molar-refractivity contribution in [2.75, 3.05) is 7.11 Å². The lowest BCUT2D eigenvalue weighted by Crippen LogP contribution is -1.91. The van der Waals surface area contributed by atoms with Gasteiger partial charge in [-0.3, -0.25) is 4.79 Å². The van der Waals surface area contributed by atoms with Gasteiger partial charge in [-0.25, -0.2) is 8.78 Å². The van der Waals surface area contributed by atoms with E-state index in [2.05, 4.69) is 0 Å². The molecule has 0 aliphatic rings. The number of hydrogen-bond donors (Lipinski definition) is 0. The minimum atomic E-state index is -0.659. The molecule has 4 heteroatoms. The Balaban J connectivity index is 2.53. The van der Waals surface area contributed by atoms with Crippen molar-refractivity contribution >= 4 is 6.29 Å². The lowest BCUT2D eigenvalue weighted by molar-refractivity contribution is 0.112. The fourth-order valence-corrected chi connectivity index (χ4v) is 1.73. The van der Waals surface area contributed by atoms with Crippen molar-refractivity contribution in [2.24, 2.45) is 0 Å². The van der Waals surface area contributed by atoms with E-state index in [1.165, 1.54) is 25.3 Å². The van der Waals surface area contributed by atoms with Gasteiger partial charge in [0.05, 0.1) is 12.7 Å². The third-order valence-electron chi connectivity index (χ3n) is 2.55. The highest BCUT2D eigenvalue weighted by molar-refractivity contribution is 5.83. The highest BCUT2D eigenvalue weighted by Gasteiger charge is 2.07. The fourth-order valence-electron chi connectivity index (χ4n) is 1.73. The van der Waals surface area contributed by atoms with Crippen LogP contribution in [0.5, 0.6) is 5.75 Å². The summed E-state index contributed by atoms with van der Waals surface area (Å²) >= 11 is 0. The second-order valence-corrected chi connectivity index (χ2v) is 3.73. The maximum atomic E-state index is 13.1. The summed E-state index contributed by atoms with van der Waals surface area (Å²) in [4.78, 5) is 10.9. The van der Waals surface area contributed by atoms with E-state index in [9.17, 15) is 13.6 Å². The first-order valence-electron chi connectivity index (χ1n) is 5.23. The molecule has 0 bridgehead atoms. The maximum Gasteiger partial charge on any atom is 0.153 e. The summed E-state index contributed by atoms with van der Waals surface area (Å²) in [6, 6.07) is 7.97. The molecule has 0 atom stereocenters. The smallest absolute Gasteiger partial charge is 0.153 e. The number of rotatable bonds is 3. The lowest BCUT2D eigenvalue weighted by Gasteiger charge is -2.07. The molecule has 0 saturated heterocycles. The van der Waals surface area contributed by atoms with Crippen LogP contribution in [0.4, 0.5) is 8.78 Å². The van der Waals surface area contributed by atoms with Crippen molar-refractivity contribution in [3.8, 4) is 16.9 Å². The van der Waals surface area contributed by atoms with Crippen LogP contribution in [0.25, 0.3) is 11.1 Å². The first-order valence-corrected chi connectivity index (χ1v) is 5.23. The molecule has 0 N–H and O–H groups in total. The van der Waals surface area contributed by atoms with Crippen LogP contribution in [0.3, 0.4) is 0 Å². The van der Waals surface area contributed by atoms with Gasteiger partial charge in [-0.2, -0.15) is 0 Å². The van der Waals surface area contributed by atoms with E-state index >= 15 is 0 Å². The molecule has 92 valence electrons. The molecule has 0 aliphatic carbocycles. The molecule has 2 aromatic carbocycles. The van der Waals surface area contributed by atoms with Gasteiger partial charge in [0.15, 0.2) is 6.29 Å². The van der Waals surface area contributed by atoms with Gasteiger partial charge in [0.2, 0.25) is 0 Å². The zero-order valence-corrected chi connectivity index (χ0v) is 9.61. The largest absolute Gasteiger partial charge is 0.496 e. The Hall–Kier alpha value is -2.23. The normalized spacial score (nSPS) is 10.2. The van der Waals surface area contributed by atoms with Gasteiger partial charge >= 0.3 is 0 Å². The van der Waals surface area contributed by atoms with Gasteiger partial charge < -0.3 is 4.74 Å². The molecule has 0 radical (unpaired) electrons. The third kappa shape index (κ3) is 2.37. The van der Waals surface area contributed by atoms with E-state index in [0.29, 0.717) is 28.7 Å². The van der Waals surface area contributed by atoms with Gasteiger partial charge in [-0.05, 0) is 35.4 Å². The van der Waals surface area contributed by atoms with Crippen LogP contribution in [-0.2, 0) is 0 Å². The summed E-state index contributed by atoms with van der Waals surface area (Å²) in [5.41, 5.74) is 1.26. The van der Waals surface area contributed by atoms with Gasteiger partial charge in [0.1, 0.15) is 17.4 Å². The molecule has 0 aromatic heterocycles. The minimum Gasteiger partial charge on any atom is -0.496 e. The van der Waals surface area contributed by atoms with Gasteiger partial charge in [-0.15, -0.1) is 0 Å². The predicted octanol–water partition coefficient (Wildman–Crippen LogP) is 3.45.